The summed E-state index contributed by atoms with van der Waals surface area (Å²) in [6.07, 6.45) is 4.70. The number of ether oxygens (including phenoxy) is 1. The van der Waals surface area contributed by atoms with Crippen LogP contribution in [0.25, 0.3) is 0 Å². The van der Waals surface area contributed by atoms with Gasteiger partial charge in [-0.2, -0.15) is 0 Å². The van der Waals surface area contributed by atoms with Gasteiger partial charge in [-0.3, -0.25) is 4.79 Å². The van der Waals surface area contributed by atoms with Crippen LogP contribution < -0.4 is 0 Å². The minimum atomic E-state index is -0.576. The normalized spacial score (nSPS) is 11.5. The highest BCUT2D eigenvalue weighted by Crippen LogP contribution is 2.17. The van der Waals surface area contributed by atoms with Gasteiger partial charge in [0.2, 0.25) is 0 Å². The second-order valence-electron chi connectivity index (χ2n) is 3.07. The quantitative estimate of drug-likeness (QED) is 0.525. The van der Waals surface area contributed by atoms with E-state index >= 15 is 0 Å². The van der Waals surface area contributed by atoms with Crippen LogP contribution in [0.1, 0.15) is 24.2 Å². The SMILES string of the molecule is C#CC(OC(C)=O)c1cccc(C)c1. The fourth-order valence-electron chi connectivity index (χ4n) is 1.20. The molecule has 0 N–H and O–H groups in total. The lowest BCUT2D eigenvalue weighted by molar-refractivity contribution is -0.144. The van der Waals surface area contributed by atoms with Crippen molar-refractivity contribution < 1.29 is 9.53 Å². The Labute approximate surface area is 83.9 Å². The molecule has 1 aromatic carbocycles. The number of aryl methyl sites for hydroxylation is 1. The van der Waals surface area contributed by atoms with Crippen molar-refractivity contribution in [2.45, 2.75) is 20.0 Å². The maximum atomic E-state index is 10.8. The van der Waals surface area contributed by atoms with E-state index in [9.17, 15) is 4.79 Å². The minimum Gasteiger partial charge on any atom is -0.444 e. The number of hydrogen-bond donors (Lipinski definition) is 0. The van der Waals surface area contributed by atoms with E-state index in [0.717, 1.165) is 11.1 Å². The van der Waals surface area contributed by atoms with E-state index < -0.39 is 6.10 Å². The molecule has 0 aromatic heterocycles. The van der Waals surface area contributed by atoms with Gasteiger partial charge in [-0.15, -0.1) is 6.42 Å². The lowest BCUT2D eigenvalue weighted by Gasteiger charge is -2.11. The third kappa shape index (κ3) is 2.63. The second kappa shape index (κ2) is 4.48. The predicted octanol–water partition coefficient (Wildman–Crippen LogP) is 2.23. The molecule has 1 unspecified atom stereocenters. The van der Waals surface area contributed by atoms with Crippen molar-refractivity contribution in [3.05, 3.63) is 35.4 Å². The molecular weight excluding hydrogens is 176 g/mol. The maximum absolute atomic E-state index is 10.8. The first-order valence-corrected chi connectivity index (χ1v) is 4.33. The van der Waals surface area contributed by atoms with Crippen LogP contribution in [-0.2, 0) is 9.53 Å². The van der Waals surface area contributed by atoms with Crippen molar-refractivity contribution in [2.24, 2.45) is 0 Å². The average molecular weight is 188 g/mol. The standard InChI is InChI=1S/C12H12O2/c1-4-12(14-10(3)13)11-7-5-6-9(2)8-11/h1,5-8,12H,2-3H3. The molecule has 0 saturated carbocycles. The Morgan fingerprint density at radius 3 is 2.79 bits per heavy atom. The summed E-state index contributed by atoms with van der Waals surface area (Å²) in [6, 6.07) is 7.61. The first kappa shape index (κ1) is 10.3. The van der Waals surface area contributed by atoms with Crippen LogP contribution in [0.4, 0.5) is 0 Å². The summed E-state index contributed by atoms with van der Waals surface area (Å²) >= 11 is 0. The lowest BCUT2D eigenvalue weighted by atomic mass is 10.1. The van der Waals surface area contributed by atoms with Gasteiger partial charge in [-0.1, -0.05) is 35.7 Å². The molecule has 2 heteroatoms. The molecule has 1 atom stereocenters. The van der Waals surface area contributed by atoms with E-state index in [1.807, 2.05) is 31.2 Å². The number of carbonyl (C=O) groups excluding carboxylic acids is 1. The molecular formula is C12H12O2. The van der Waals surface area contributed by atoms with E-state index in [1.165, 1.54) is 6.92 Å². The molecule has 0 fully saturated rings. The minimum absolute atomic E-state index is 0.366. The summed E-state index contributed by atoms with van der Waals surface area (Å²) in [7, 11) is 0. The van der Waals surface area contributed by atoms with Crippen molar-refractivity contribution in [3.8, 4) is 12.3 Å². The largest absolute Gasteiger partial charge is 0.444 e. The van der Waals surface area contributed by atoms with Crippen molar-refractivity contribution >= 4 is 5.97 Å². The third-order valence-corrected chi connectivity index (χ3v) is 1.78. The first-order chi connectivity index (χ1) is 6.63. The van der Waals surface area contributed by atoms with Gasteiger partial charge >= 0.3 is 5.97 Å². The highest BCUT2D eigenvalue weighted by molar-refractivity contribution is 5.66. The van der Waals surface area contributed by atoms with Gasteiger partial charge in [0.05, 0.1) is 0 Å². The van der Waals surface area contributed by atoms with Crippen molar-refractivity contribution in [1.29, 1.82) is 0 Å². The fourth-order valence-corrected chi connectivity index (χ4v) is 1.20. The molecule has 14 heavy (non-hydrogen) atoms. The molecule has 2 nitrogen and oxygen atoms in total. The van der Waals surface area contributed by atoms with E-state index in [2.05, 4.69) is 5.92 Å². The highest BCUT2D eigenvalue weighted by Gasteiger charge is 2.10. The number of rotatable bonds is 2. The van der Waals surface area contributed by atoms with Gasteiger partial charge in [0, 0.05) is 12.5 Å². The van der Waals surface area contributed by atoms with Crippen LogP contribution in [-0.4, -0.2) is 5.97 Å². The molecule has 0 heterocycles. The monoisotopic (exact) mass is 188 g/mol. The van der Waals surface area contributed by atoms with Crippen molar-refractivity contribution in [1.82, 2.24) is 0 Å². The van der Waals surface area contributed by atoms with Gasteiger partial charge in [0.15, 0.2) is 6.10 Å². The summed E-state index contributed by atoms with van der Waals surface area (Å²) in [4.78, 5) is 10.8. The van der Waals surface area contributed by atoms with Gasteiger partial charge in [-0.05, 0) is 6.92 Å². The van der Waals surface area contributed by atoms with Crippen LogP contribution in [0.2, 0.25) is 0 Å². The van der Waals surface area contributed by atoms with Crippen molar-refractivity contribution in [3.63, 3.8) is 0 Å². The Bertz CT molecular complexity index is 374. The summed E-state index contributed by atoms with van der Waals surface area (Å²) in [5.74, 6) is 2.07. The van der Waals surface area contributed by atoms with Crippen LogP contribution in [0, 0.1) is 19.3 Å². The molecule has 0 bridgehead atoms. The van der Waals surface area contributed by atoms with Crippen LogP contribution >= 0.6 is 0 Å². The third-order valence-electron chi connectivity index (χ3n) is 1.78. The zero-order valence-electron chi connectivity index (χ0n) is 8.28. The van der Waals surface area contributed by atoms with Gasteiger partial charge in [-0.25, -0.2) is 0 Å². The van der Waals surface area contributed by atoms with Crippen LogP contribution in [0.5, 0.6) is 0 Å². The Kier molecular flexibility index (Phi) is 3.30. The molecule has 1 rings (SSSR count). The summed E-state index contributed by atoms with van der Waals surface area (Å²) in [6.45, 7) is 3.31. The van der Waals surface area contributed by atoms with Gasteiger partial charge < -0.3 is 4.74 Å². The molecule has 0 aliphatic heterocycles. The number of esters is 1. The zero-order chi connectivity index (χ0) is 10.6. The van der Waals surface area contributed by atoms with E-state index in [0.29, 0.717) is 0 Å². The fraction of sp³-hybridized carbons (Fsp3) is 0.250. The zero-order valence-corrected chi connectivity index (χ0v) is 8.28. The Morgan fingerprint density at radius 1 is 1.57 bits per heavy atom. The van der Waals surface area contributed by atoms with Crippen LogP contribution in [0.3, 0.4) is 0 Å². The number of benzene rings is 1. The van der Waals surface area contributed by atoms with Crippen LogP contribution in [0.15, 0.2) is 24.3 Å². The number of hydrogen-bond acceptors (Lipinski definition) is 2. The molecule has 0 spiro atoms. The average Bonchev–Trinajstić information content (AvgIpc) is 2.14. The Morgan fingerprint density at radius 2 is 2.29 bits per heavy atom. The molecule has 0 radical (unpaired) electrons. The van der Waals surface area contributed by atoms with Gasteiger partial charge in [0.25, 0.3) is 0 Å². The predicted molar refractivity (Wildman–Crippen MR) is 54.5 cm³/mol. The molecule has 0 saturated heterocycles. The lowest BCUT2D eigenvalue weighted by Crippen LogP contribution is -2.06. The van der Waals surface area contributed by atoms with E-state index in [1.54, 1.807) is 0 Å². The Balaban J connectivity index is 2.90. The smallest absolute Gasteiger partial charge is 0.304 e. The molecule has 0 amide bonds. The van der Waals surface area contributed by atoms with Crippen molar-refractivity contribution in [2.75, 3.05) is 0 Å². The van der Waals surface area contributed by atoms with Gasteiger partial charge in [0.1, 0.15) is 0 Å². The molecule has 0 aliphatic rings. The summed E-state index contributed by atoms with van der Waals surface area (Å²) < 4.78 is 4.97. The topological polar surface area (TPSA) is 26.3 Å². The Hall–Kier alpha value is -1.75. The molecule has 72 valence electrons. The highest BCUT2D eigenvalue weighted by atomic mass is 16.5. The molecule has 0 aliphatic carbocycles. The number of terminal acetylenes is 1. The second-order valence-corrected chi connectivity index (χ2v) is 3.07. The molecule has 1 aromatic rings. The first-order valence-electron chi connectivity index (χ1n) is 4.33. The van der Waals surface area contributed by atoms with E-state index in [4.69, 9.17) is 11.2 Å². The number of carbonyl (C=O) groups is 1. The van der Waals surface area contributed by atoms with E-state index in [-0.39, 0.29) is 5.97 Å². The summed E-state index contributed by atoms with van der Waals surface area (Å²) in [5.41, 5.74) is 1.93. The maximum Gasteiger partial charge on any atom is 0.304 e. The summed E-state index contributed by atoms with van der Waals surface area (Å²) in [5, 5.41) is 0.